The van der Waals surface area contributed by atoms with Gasteiger partial charge in [-0.3, -0.25) is 9.79 Å². The van der Waals surface area contributed by atoms with Crippen LogP contribution in [0.5, 0.6) is 0 Å². The van der Waals surface area contributed by atoms with Crippen LogP contribution in [0.25, 0.3) is 5.57 Å². The Kier molecular flexibility index (Phi) is 3.20. The first kappa shape index (κ1) is 11.3. The minimum atomic E-state index is -0.772. The Morgan fingerprint density at radius 2 is 2.35 bits per heavy atom. The third-order valence-corrected chi connectivity index (χ3v) is 2.82. The summed E-state index contributed by atoms with van der Waals surface area (Å²) in [5, 5.41) is 19.3. The number of carboxylic acid groups (broad SMARTS) is 1. The SMILES string of the molecule is N#Cc1ccc2c(c1)=C(CCCC(=O)O)CN=2. The Morgan fingerprint density at radius 1 is 1.53 bits per heavy atom. The molecule has 1 heterocycles. The average Bonchev–Trinajstić information content (AvgIpc) is 2.71. The third-order valence-electron chi connectivity index (χ3n) is 2.82. The Hall–Kier alpha value is -2.15. The molecule has 2 rings (SSSR count). The van der Waals surface area contributed by atoms with Gasteiger partial charge in [0.25, 0.3) is 0 Å². The lowest BCUT2D eigenvalue weighted by molar-refractivity contribution is -0.137. The number of rotatable bonds is 4. The fourth-order valence-corrected chi connectivity index (χ4v) is 1.96. The summed E-state index contributed by atoms with van der Waals surface area (Å²) in [5.74, 6) is -0.772. The molecule has 0 aromatic heterocycles. The molecule has 0 spiro atoms. The van der Waals surface area contributed by atoms with Gasteiger partial charge in [-0.2, -0.15) is 5.26 Å². The van der Waals surface area contributed by atoms with Crippen molar-refractivity contribution in [2.75, 3.05) is 6.54 Å². The van der Waals surface area contributed by atoms with Gasteiger partial charge in [-0.1, -0.05) is 0 Å². The topological polar surface area (TPSA) is 73.5 Å². The molecule has 0 unspecified atom stereocenters. The van der Waals surface area contributed by atoms with Crippen LogP contribution in [0.3, 0.4) is 0 Å². The minimum absolute atomic E-state index is 0.177. The Bertz CT molecular complexity index is 611. The van der Waals surface area contributed by atoms with Crippen molar-refractivity contribution in [3.63, 3.8) is 0 Å². The molecule has 1 N–H and O–H groups in total. The number of carboxylic acids is 1. The summed E-state index contributed by atoms with van der Waals surface area (Å²) in [6.07, 6.45) is 1.53. The number of aliphatic carboxylic acids is 1. The molecular weight excluding hydrogens is 216 g/mol. The van der Waals surface area contributed by atoms with E-state index >= 15 is 0 Å². The molecule has 0 amide bonds. The van der Waals surface area contributed by atoms with E-state index in [1.807, 2.05) is 12.1 Å². The first-order valence-electron chi connectivity index (χ1n) is 5.49. The largest absolute Gasteiger partial charge is 0.481 e. The first-order valence-corrected chi connectivity index (χ1v) is 5.49. The Morgan fingerprint density at radius 3 is 3.06 bits per heavy atom. The lowest BCUT2D eigenvalue weighted by Crippen LogP contribution is -2.23. The van der Waals surface area contributed by atoms with Gasteiger partial charge in [0.15, 0.2) is 0 Å². The van der Waals surface area contributed by atoms with E-state index in [4.69, 9.17) is 10.4 Å². The minimum Gasteiger partial charge on any atom is -0.481 e. The average molecular weight is 228 g/mol. The van der Waals surface area contributed by atoms with Crippen LogP contribution in [0.2, 0.25) is 0 Å². The number of hydrogen-bond acceptors (Lipinski definition) is 3. The van der Waals surface area contributed by atoms with Crippen LogP contribution in [0.1, 0.15) is 24.8 Å². The lowest BCUT2D eigenvalue weighted by atomic mass is 10.1. The van der Waals surface area contributed by atoms with E-state index in [0.717, 1.165) is 22.6 Å². The maximum absolute atomic E-state index is 10.4. The molecule has 1 aliphatic heterocycles. The Balaban J connectivity index is 2.25. The van der Waals surface area contributed by atoms with Crippen molar-refractivity contribution in [3.8, 4) is 6.07 Å². The van der Waals surface area contributed by atoms with Gasteiger partial charge in [0.2, 0.25) is 0 Å². The van der Waals surface area contributed by atoms with Crippen molar-refractivity contribution < 1.29 is 9.90 Å². The van der Waals surface area contributed by atoms with Crippen molar-refractivity contribution in [3.05, 3.63) is 34.3 Å². The van der Waals surface area contributed by atoms with Gasteiger partial charge in [0.1, 0.15) is 0 Å². The summed E-state index contributed by atoms with van der Waals surface area (Å²) in [6, 6.07) is 7.54. The van der Waals surface area contributed by atoms with E-state index in [2.05, 4.69) is 11.1 Å². The van der Waals surface area contributed by atoms with E-state index in [9.17, 15) is 4.79 Å². The van der Waals surface area contributed by atoms with Crippen molar-refractivity contribution in [2.24, 2.45) is 4.99 Å². The predicted octanol–water partition coefficient (Wildman–Crippen LogP) is 0.597. The van der Waals surface area contributed by atoms with E-state index in [0.29, 0.717) is 18.5 Å². The maximum Gasteiger partial charge on any atom is 0.303 e. The van der Waals surface area contributed by atoms with Gasteiger partial charge in [-0.25, -0.2) is 0 Å². The van der Waals surface area contributed by atoms with Crippen LogP contribution in [0.4, 0.5) is 0 Å². The molecule has 1 aliphatic rings. The van der Waals surface area contributed by atoms with Crippen molar-refractivity contribution in [1.29, 1.82) is 5.26 Å². The van der Waals surface area contributed by atoms with Gasteiger partial charge in [-0.15, -0.1) is 0 Å². The second-order valence-electron chi connectivity index (χ2n) is 4.01. The third kappa shape index (κ3) is 2.51. The number of nitrogens with zero attached hydrogens (tertiary/aromatic N) is 2. The first-order chi connectivity index (χ1) is 8.20. The fourth-order valence-electron chi connectivity index (χ4n) is 1.96. The highest BCUT2D eigenvalue weighted by Crippen LogP contribution is 2.09. The monoisotopic (exact) mass is 228 g/mol. The Labute approximate surface area is 98.5 Å². The van der Waals surface area contributed by atoms with Gasteiger partial charge in [0.05, 0.1) is 23.5 Å². The molecule has 1 aromatic carbocycles. The lowest BCUT2D eigenvalue weighted by Gasteiger charge is -1.99. The maximum atomic E-state index is 10.4. The molecule has 0 atom stereocenters. The molecular formula is C13H12N2O2. The summed E-state index contributed by atoms with van der Waals surface area (Å²) in [6.45, 7) is 0.629. The zero-order valence-electron chi connectivity index (χ0n) is 9.31. The summed E-state index contributed by atoms with van der Waals surface area (Å²) in [7, 11) is 0. The van der Waals surface area contributed by atoms with Crippen LogP contribution in [0.15, 0.2) is 23.2 Å². The van der Waals surface area contributed by atoms with Crippen LogP contribution >= 0.6 is 0 Å². The standard InChI is InChI=1S/C13H12N2O2/c14-7-9-4-5-12-11(6-9)10(8-15-12)2-1-3-13(16)17/h4-6H,1-3,8H2,(H,16,17). The van der Waals surface area contributed by atoms with Crippen molar-refractivity contribution >= 4 is 11.5 Å². The molecule has 0 radical (unpaired) electrons. The van der Waals surface area contributed by atoms with Gasteiger partial charge >= 0.3 is 5.97 Å². The zero-order chi connectivity index (χ0) is 12.3. The molecule has 0 saturated carbocycles. The van der Waals surface area contributed by atoms with Crippen molar-refractivity contribution in [1.82, 2.24) is 0 Å². The smallest absolute Gasteiger partial charge is 0.303 e. The number of hydrogen-bond donors (Lipinski definition) is 1. The fraction of sp³-hybridized carbons (Fsp3) is 0.308. The zero-order valence-corrected chi connectivity index (χ0v) is 9.31. The highest BCUT2D eigenvalue weighted by molar-refractivity contribution is 5.67. The predicted molar refractivity (Wildman–Crippen MR) is 61.7 cm³/mol. The summed E-state index contributed by atoms with van der Waals surface area (Å²) < 4.78 is 0. The second kappa shape index (κ2) is 4.79. The molecule has 0 fully saturated rings. The quantitative estimate of drug-likeness (QED) is 0.820. The van der Waals surface area contributed by atoms with Gasteiger partial charge in [-0.05, 0) is 36.6 Å². The van der Waals surface area contributed by atoms with E-state index in [1.165, 1.54) is 0 Å². The summed E-state index contributed by atoms with van der Waals surface area (Å²) >= 11 is 0. The molecule has 4 heteroatoms. The molecule has 0 bridgehead atoms. The highest BCUT2D eigenvalue weighted by atomic mass is 16.4. The highest BCUT2D eigenvalue weighted by Gasteiger charge is 2.08. The second-order valence-corrected chi connectivity index (χ2v) is 4.01. The van der Waals surface area contributed by atoms with Crippen LogP contribution in [-0.2, 0) is 4.79 Å². The van der Waals surface area contributed by atoms with Crippen LogP contribution in [-0.4, -0.2) is 17.6 Å². The van der Waals surface area contributed by atoms with Crippen molar-refractivity contribution in [2.45, 2.75) is 19.3 Å². The summed E-state index contributed by atoms with van der Waals surface area (Å²) in [4.78, 5) is 14.8. The number of carbonyl (C=O) groups is 1. The summed E-state index contributed by atoms with van der Waals surface area (Å²) in [5.41, 5.74) is 1.76. The van der Waals surface area contributed by atoms with Crippen LogP contribution in [0, 0.1) is 11.3 Å². The van der Waals surface area contributed by atoms with E-state index < -0.39 is 5.97 Å². The van der Waals surface area contributed by atoms with Gasteiger partial charge in [0, 0.05) is 11.6 Å². The van der Waals surface area contributed by atoms with E-state index in [1.54, 1.807) is 6.07 Å². The van der Waals surface area contributed by atoms with E-state index in [-0.39, 0.29) is 6.42 Å². The molecule has 86 valence electrons. The normalized spacial score (nSPS) is 12.8. The van der Waals surface area contributed by atoms with Gasteiger partial charge < -0.3 is 5.11 Å². The molecule has 1 aromatic rings. The molecule has 0 saturated heterocycles. The molecule has 17 heavy (non-hydrogen) atoms. The molecule has 0 aliphatic carbocycles. The number of benzene rings is 1. The number of nitriles is 1. The number of fused-ring (bicyclic) bond motifs is 1. The molecule has 4 nitrogen and oxygen atoms in total. The van der Waals surface area contributed by atoms with Crippen LogP contribution < -0.4 is 10.6 Å².